The molecule has 156 valence electrons. The molecule has 1 saturated heterocycles. The number of anilines is 1. The number of imide groups is 1. The third kappa shape index (κ3) is 2.69. The molecule has 31 heavy (non-hydrogen) atoms. The number of carbonyl (C=O) groups is 4. The highest BCUT2D eigenvalue weighted by atomic mass is 32.1. The van der Waals surface area contributed by atoms with E-state index in [9.17, 15) is 19.2 Å². The van der Waals surface area contributed by atoms with Gasteiger partial charge in [-0.25, -0.2) is 9.69 Å². The van der Waals surface area contributed by atoms with E-state index in [1.54, 1.807) is 35.7 Å². The van der Waals surface area contributed by atoms with Crippen molar-refractivity contribution >= 4 is 40.6 Å². The maximum Gasteiger partial charge on any atom is 0.340 e. The van der Waals surface area contributed by atoms with Gasteiger partial charge in [-0.2, -0.15) is 0 Å². The van der Waals surface area contributed by atoms with Crippen molar-refractivity contribution in [2.75, 3.05) is 11.5 Å². The quantitative estimate of drug-likeness (QED) is 0.313. The van der Waals surface area contributed by atoms with Gasteiger partial charge in [0.2, 0.25) is 17.6 Å². The van der Waals surface area contributed by atoms with E-state index in [0.717, 1.165) is 6.42 Å². The van der Waals surface area contributed by atoms with Crippen LogP contribution in [0.4, 0.5) is 5.69 Å². The molecule has 6 atom stereocenters. The molecule has 6 nitrogen and oxygen atoms in total. The highest BCUT2D eigenvalue weighted by molar-refractivity contribution is 7.12. The number of nitrogens with zero attached hydrogens (tertiary/aromatic N) is 1. The number of benzene rings is 1. The Hall–Kier alpha value is -3.06. The van der Waals surface area contributed by atoms with Gasteiger partial charge in [0.1, 0.15) is 0 Å². The van der Waals surface area contributed by atoms with Crippen LogP contribution in [0.2, 0.25) is 0 Å². The third-order valence-electron chi connectivity index (χ3n) is 7.16. The summed E-state index contributed by atoms with van der Waals surface area (Å²) in [4.78, 5) is 53.4. The summed E-state index contributed by atoms with van der Waals surface area (Å²) in [6.45, 7) is -0.391. The Morgan fingerprint density at radius 3 is 2.29 bits per heavy atom. The summed E-state index contributed by atoms with van der Waals surface area (Å²) in [7, 11) is 0. The van der Waals surface area contributed by atoms with E-state index in [4.69, 9.17) is 4.74 Å². The van der Waals surface area contributed by atoms with Crippen LogP contribution < -0.4 is 4.90 Å². The molecule has 0 N–H and O–H groups in total. The zero-order valence-corrected chi connectivity index (χ0v) is 17.3. The van der Waals surface area contributed by atoms with Crippen LogP contribution in [0.1, 0.15) is 26.5 Å². The lowest BCUT2D eigenvalue weighted by atomic mass is 9.63. The highest BCUT2D eigenvalue weighted by Gasteiger charge is 2.67. The zero-order valence-electron chi connectivity index (χ0n) is 16.5. The monoisotopic (exact) mass is 433 g/mol. The van der Waals surface area contributed by atoms with E-state index in [0.29, 0.717) is 16.7 Å². The standard InChI is InChI=1S/C24H19NO5S/c26-18(19-6-3-9-31-19)11-30-24(29)14-4-1-2-5-17(14)25-22(27)20-12-7-8-13(16-10-15(12)16)21(20)23(25)28/h1-9,12-13,15-16,20-21H,10-11H2/t12-,13-,15-,16+,20+,21+/m0/s1. The highest BCUT2D eigenvalue weighted by Crippen LogP contribution is 2.65. The minimum atomic E-state index is -0.722. The van der Waals surface area contributed by atoms with Crippen molar-refractivity contribution in [2.24, 2.45) is 35.5 Å². The van der Waals surface area contributed by atoms with Gasteiger partial charge in [-0.05, 0) is 53.7 Å². The second-order valence-electron chi connectivity index (χ2n) is 8.66. The van der Waals surface area contributed by atoms with E-state index in [-0.39, 0.29) is 52.5 Å². The molecule has 2 heterocycles. The largest absolute Gasteiger partial charge is 0.454 e. The molecule has 3 fully saturated rings. The number of hydrogen-bond acceptors (Lipinski definition) is 6. The van der Waals surface area contributed by atoms with Crippen LogP contribution >= 0.6 is 11.3 Å². The molecule has 5 aliphatic rings. The Kier molecular flexibility index (Phi) is 4.05. The molecule has 7 heteroatoms. The van der Waals surface area contributed by atoms with Crippen LogP contribution in [0.3, 0.4) is 0 Å². The van der Waals surface area contributed by atoms with Crippen LogP contribution in [0.15, 0.2) is 53.9 Å². The number of ketones is 1. The van der Waals surface area contributed by atoms with Crippen molar-refractivity contribution in [2.45, 2.75) is 6.42 Å². The van der Waals surface area contributed by atoms with Gasteiger partial charge >= 0.3 is 5.97 Å². The van der Waals surface area contributed by atoms with Crippen LogP contribution in [0.25, 0.3) is 0 Å². The normalized spacial score (nSPS) is 32.1. The Balaban J connectivity index is 1.27. The molecule has 2 bridgehead atoms. The number of esters is 1. The topological polar surface area (TPSA) is 80.8 Å². The first kappa shape index (κ1) is 18.7. The predicted molar refractivity (Wildman–Crippen MR) is 113 cm³/mol. The Labute approximate surface area is 182 Å². The van der Waals surface area contributed by atoms with Crippen molar-refractivity contribution in [3.63, 3.8) is 0 Å². The van der Waals surface area contributed by atoms with Crippen molar-refractivity contribution in [3.05, 3.63) is 64.4 Å². The second-order valence-corrected chi connectivity index (χ2v) is 9.61. The van der Waals surface area contributed by atoms with Gasteiger partial charge in [-0.15, -0.1) is 11.3 Å². The van der Waals surface area contributed by atoms with Crippen LogP contribution in [-0.4, -0.2) is 30.2 Å². The van der Waals surface area contributed by atoms with Gasteiger partial charge in [-0.3, -0.25) is 14.4 Å². The number of carbonyl (C=O) groups excluding carboxylic acids is 4. The van der Waals surface area contributed by atoms with Gasteiger partial charge in [-0.1, -0.05) is 30.4 Å². The van der Waals surface area contributed by atoms with Gasteiger partial charge in [0.15, 0.2) is 6.61 Å². The molecule has 7 rings (SSSR count). The second kappa shape index (κ2) is 6.72. The van der Waals surface area contributed by atoms with Gasteiger partial charge < -0.3 is 4.74 Å². The predicted octanol–water partition coefficient (Wildman–Crippen LogP) is 3.35. The van der Waals surface area contributed by atoms with Gasteiger partial charge in [0.25, 0.3) is 0 Å². The number of hydrogen-bond donors (Lipinski definition) is 0. The number of ether oxygens (including phenoxy) is 1. The lowest BCUT2D eigenvalue weighted by molar-refractivity contribution is -0.124. The minimum Gasteiger partial charge on any atom is -0.454 e. The molecule has 1 aliphatic heterocycles. The number of amides is 2. The molecule has 0 unspecified atom stereocenters. The lowest BCUT2D eigenvalue weighted by Crippen LogP contribution is -2.40. The van der Waals surface area contributed by atoms with Crippen molar-refractivity contribution in [3.8, 4) is 0 Å². The molecule has 2 saturated carbocycles. The molecule has 0 radical (unpaired) electrons. The smallest absolute Gasteiger partial charge is 0.340 e. The van der Waals surface area contributed by atoms with Gasteiger partial charge in [0.05, 0.1) is 28.0 Å². The molecule has 0 spiro atoms. The van der Waals surface area contributed by atoms with E-state index >= 15 is 0 Å². The lowest BCUT2D eigenvalue weighted by Gasteiger charge is -2.37. The van der Waals surface area contributed by atoms with Crippen molar-refractivity contribution in [1.82, 2.24) is 0 Å². The molecular weight excluding hydrogens is 414 g/mol. The third-order valence-corrected chi connectivity index (χ3v) is 8.07. The van der Waals surface area contributed by atoms with E-state index in [2.05, 4.69) is 12.2 Å². The first-order valence-corrected chi connectivity index (χ1v) is 11.3. The molecular formula is C24H19NO5S. The summed E-state index contributed by atoms with van der Waals surface area (Å²) in [6, 6.07) is 9.90. The number of thiophene rings is 1. The van der Waals surface area contributed by atoms with Crippen molar-refractivity contribution < 1.29 is 23.9 Å². The van der Waals surface area contributed by atoms with Crippen LogP contribution in [-0.2, 0) is 14.3 Å². The van der Waals surface area contributed by atoms with E-state index < -0.39 is 12.6 Å². The fourth-order valence-electron chi connectivity index (χ4n) is 5.75. The summed E-state index contributed by atoms with van der Waals surface area (Å²) < 4.78 is 5.24. The maximum atomic E-state index is 13.4. The Bertz CT molecular complexity index is 1120. The molecule has 1 aromatic heterocycles. The van der Waals surface area contributed by atoms with Crippen molar-refractivity contribution in [1.29, 1.82) is 0 Å². The molecule has 2 amide bonds. The van der Waals surface area contributed by atoms with E-state index in [1.165, 1.54) is 22.3 Å². The minimum absolute atomic E-state index is 0.115. The maximum absolute atomic E-state index is 13.4. The van der Waals surface area contributed by atoms with E-state index in [1.807, 2.05) is 0 Å². The zero-order chi connectivity index (χ0) is 21.3. The van der Waals surface area contributed by atoms with Gasteiger partial charge in [0, 0.05) is 0 Å². The average Bonchev–Trinajstić information content (AvgIpc) is 3.36. The summed E-state index contributed by atoms with van der Waals surface area (Å²) in [5, 5.41) is 1.78. The number of Topliss-reactive ketones (excluding diaryl/α,β-unsaturated/α-hetero) is 1. The number of allylic oxidation sites excluding steroid dienone is 2. The summed E-state index contributed by atoms with van der Waals surface area (Å²) in [6.07, 6.45) is 5.33. The summed E-state index contributed by atoms with van der Waals surface area (Å²) >= 11 is 1.28. The first-order valence-electron chi connectivity index (χ1n) is 10.5. The number of rotatable bonds is 5. The first-order chi connectivity index (χ1) is 15.1. The fourth-order valence-corrected chi connectivity index (χ4v) is 6.40. The fraction of sp³-hybridized carbons (Fsp3) is 0.333. The summed E-state index contributed by atoms with van der Waals surface area (Å²) in [5.41, 5.74) is 0.362. The SMILES string of the molecule is O=C(COC(=O)c1ccccc1N1C(=O)[C@@H]2[C@H]3C=C[C@@H]([C@@H]4C[C@H]34)[C@H]2C1=O)c1cccs1. The van der Waals surface area contributed by atoms with Crippen LogP contribution in [0, 0.1) is 35.5 Å². The molecule has 4 aliphatic carbocycles. The molecule has 1 aromatic carbocycles. The number of para-hydroxylation sites is 1. The summed E-state index contributed by atoms with van der Waals surface area (Å²) in [5.74, 6) is -0.890. The average molecular weight is 433 g/mol. The molecule has 2 aromatic rings. The van der Waals surface area contributed by atoms with Crippen LogP contribution in [0.5, 0.6) is 0 Å². The Morgan fingerprint density at radius 1 is 0.968 bits per heavy atom. The Morgan fingerprint density at radius 2 is 1.65 bits per heavy atom.